The highest BCUT2D eigenvalue weighted by atomic mass is 32.1. The summed E-state index contributed by atoms with van der Waals surface area (Å²) in [5, 5.41) is 30.8. The van der Waals surface area contributed by atoms with Gasteiger partial charge in [0.25, 0.3) is 0 Å². The van der Waals surface area contributed by atoms with Gasteiger partial charge in [-0.2, -0.15) is 0 Å². The van der Waals surface area contributed by atoms with Gasteiger partial charge in [0.1, 0.15) is 17.2 Å². The average Bonchev–Trinajstić information content (AvgIpc) is 3.02. The number of phenols is 2. The summed E-state index contributed by atoms with van der Waals surface area (Å²) in [5.74, 6) is -0.0156. The lowest BCUT2D eigenvalue weighted by Gasteiger charge is -2.09. The first-order valence-corrected chi connectivity index (χ1v) is 8.17. The van der Waals surface area contributed by atoms with Crippen molar-refractivity contribution in [3.63, 3.8) is 0 Å². The molecule has 0 saturated heterocycles. The molecule has 1 aromatic heterocycles. The first-order chi connectivity index (χ1) is 11.6. The van der Waals surface area contributed by atoms with Crippen LogP contribution in [0, 0.1) is 6.92 Å². The first kappa shape index (κ1) is 14.6. The van der Waals surface area contributed by atoms with E-state index in [4.69, 9.17) is 0 Å². The van der Waals surface area contributed by atoms with Gasteiger partial charge >= 0.3 is 0 Å². The molecule has 2 N–H and O–H groups in total. The molecule has 0 spiro atoms. The molecule has 0 amide bonds. The number of para-hydroxylation sites is 1. The lowest BCUT2D eigenvalue weighted by atomic mass is 10.0. The standard InChI is InChI=1S/C18H13N3O2S/c1-10-16(22)12-7-3-2-6-11(12)15(17(10)23)20-21-18-19-13-8-4-5-9-14(13)24-18/h2-9,22-23H,1H3. The van der Waals surface area contributed by atoms with Crippen molar-refractivity contribution < 1.29 is 10.2 Å². The number of benzene rings is 3. The molecule has 1 heterocycles. The van der Waals surface area contributed by atoms with Crippen LogP contribution in [0.5, 0.6) is 11.5 Å². The fraction of sp³-hybridized carbons (Fsp3) is 0.0556. The number of hydrogen-bond donors (Lipinski definition) is 2. The van der Waals surface area contributed by atoms with Gasteiger partial charge in [0, 0.05) is 16.3 Å². The van der Waals surface area contributed by atoms with E-state index in [1.54, 1.807) is 19.1 Å². The number of thiazole rings is 1. The minimum atomic E-state index is -0.0731. The van der Waals surface area contributed by atoms with Gasteiger partial charge in [-0.3, -0.25) is 0 Å². The van der Waals surface area contributed by atoms with Gasteiger partial charge in [-0.05, 0) is 19.1 Å². The third-order valence-electron chi connectivity index (χ3n) is 3.89. The van der Waals surface area contributed by atoms with E-state index in [0.717, 1.165) is 10.2 Å². The number of azo groups is 1. The van der Waals surface area contributed by atoms with Crippen LogP contribution in [-0.4, -0.2) is 15.2 Å². The van der Waals surface area contributed by atoms with Gasteiger partial charge in [0.2, 0.25) is 5.13 Å². The van der Waals surface area contributed by atoms with Crippen molar-refractivity contribution in [1.29, 1.82) is 0 Å². The summed E-state index contributed by atoms with van der Waals surface area (Å²) in [6.45, 7) is 1.65. The second-order valence-electron chi connectivity index (χ2n) is 5.38. The van der Waals surface area contributed by atoms with Gasteiger partial charge in [-0.25, -0.2) is 4.98 Å². The Kier molecular flexibility index (Phi) is 3.39. The van der Waals surface area contributed by atoms with Crippen molar-refractivity contribution in [2.45, 2.75) is 6.92 Å². The van der Waals surface area contributed by atoms with Crippen LogP contribution in [0.25, 0.3) is 21.0 Å². The zero-order valence-electron chi connectivity index (χ0n) is 12.8. The Hall–Kier alpha value is -2.99. The molecular formula is C18H13N3O2S. The van der Waals surface area contributed by atoms with Gasteiger partial charge in [-0.1, -0.05) is 47.7 Å². The summed E-state index contributed by atoms with van der Waals surface area (Å²) in [7, 11) is 0. The predicted molar refractivity (Wildman–Crippen MR) is 95.8 cm³/mol. The number of hydrogen-bond acceptors (Lipinski definition) is 6. The maximum Gasteiger partial charge on any atom is 0.231 e. The second-order valence-corrected chi connectivity index (χ2v) is 6.39. The third-order valence-corrected chi connectivity index (χ3v) is 4.81. The van der Waals surface area contributed by atoms with Crippen LogP contribution in [0.15, 0.2) is 58.8 Å². The van der Waals surface area contributed by atoms with Crippen molar-refractivity contribution in [2.24, 2.45) is 10.2 Å². The average molecular weight is 335 g/mol. The van der Waals surface area contributed by atoms with Gasteiger partial charge < -0.3 is 10.2 Å². The maximum atomic E-state index is 10.4. The summed E-state index contributed by atoms with van der Waals surface area (Å²) in [4.78, 5) is 4.40. The van der Waals surface area contributed by atoms with E-state index in [1.165, 1.54) is 11.3 Å². The zero-order valence-corrected chi connectivity index (χ0v) is 13.6. The van der Waals surface area contributed by atoms with Crippen molar-refractivity contribution in [2.75, 3.05) is 0 Å². The molecule has 4 aromatic rings. The highest BCUT2D eigenvalue weighted by Crippen LogP contribution is 2.44. The fourth-order valence-electron chi connectivity index (χ4n) is 2.61. The number of phenolic OH excluding ortho intramolecular Hbond substituents is 2. The Morgan fingerprint density at radius 2 is 1.58 bits per heavy atom. The van der Waals surface area contributed by atoms with E-state index < -0.39 is 0 Å². The van der Waals surface area contributed by atoms with Crippen LogP contribution in [0.4, 0.5) is 10.8 Å². The number of aromatic hydroxyl groups is 2. The Labute approximate surface area is 141 Å². The van der Waals surface area contributed by atoms with Crippen LogP contribution in [0.3, 0.4) is 0 Å². The minimum Gasteiger partial charge on any atom is -0.507 e. The molecule has 6 heteroatoms. The van der Waals surface area contributed by atoms with Crippen molar-refractivity contribution in [3.05, 3.63) is 54.1 Å². The zero-order chi connectivity index (χ0) is 16.7. The number of rotatable bonds is 2. The molecule has 0 aliphatic heterocycles. The Morgan fingerprint density at radius 3 is 2.38 bits per heavy atom. The molecule has 0 atom stereocenters. The topological polar surface area (TPSA) is 78.1 Å². The number of aromatic nitrogens is 1. The molecular weight excluding hydrogens is 322 g/mol. The van der Waals surface area contributed by atoms with Crippen LogP contribution in [-0.2, 0) is 0 Å². The smallest absolute Gasteiger partial charge is 0.231 e. The highest BCUT2D eigenvalue weighted by Gasteiger charge is 2.15. The van der Waals surface area contributed by atoms with Crippen molar-refractivity contribution >= 4 is 43.1 Å². The minimum absolute atomic E-state index is 0.0574. The predicted octanol–water partition coefficient (Wildman–Crippen LogP) is 5.58. The summed E-state index contributed by atoms with van der Waals surface area (Å²) in [6, 6.07) is 15.0. The summed E-state index contributed by atoms with van der Waals surface area (Å²) in [5.41, 5.74) is 1.58. The molecule has 0 bridgehead atoms. The van der Waals surface area contributed by atoms with Crippen molar-refractivity contribution in [1.82, 2.24) is 4.98 Å². The van der Waals surface area contributed by atoms with E-state index in [-0.39, 0.29) is 11.5 Å². The van der Waals surface area contributed by atoms with Gasteiger partial charge in [0.15, 0.2) is 0 Å². The summed E-state index contributed by atoms with van der Waals surface area (Å²) < 4.78 is 1.03. The van der Waals surface area contributed by atoms with Gasteiger partial charge in [-0.15, -0.1) is 10.2 Å². The normalized spacial score (nSPS) is 11.7. The van der Waals surface area contributed by atoms with E-state index in [9.17, 15) is 10.2 Å². The molecule has 0 saturated carbocycles. The van der Waals surface area contributed by atoms with Crippen molar-refractivity contribution in [3.8, 4) is 11.5 Å². The van der Waals surface area contributed by atoms with Crippen LogP contribution < -0.4 is 0 Å². The quantitative estimate of drug-likeness (QED) is 0.469. The molecule has 0 radical (unpaired) electrons. The third kappa shape index (κ3) is 2.28. The molecule has 0 aliphatic rings. The Morgan fingerprint density at radius 1 is 0.875 bits per heavy atom. The molecule has 118 valence electrons. The lowest BCUT2D eigenvalue weighted by molar-refractivity contribution is 0.448. The lowest BCUT2D eigenvalue weighted by Crippen LogP contribution is -1.82. The van der Waals surface area contributed by atoms with E-state index in [1.807, 2.05) is 36.4 Å². The molecule has 4 rings (SSSR count). The van der Waals surface area contributed by atoms with E-state index in [2.05, 4.69) is 15.2 Å². The SMILES string of the molecule is Cc1c(O)c(N=Nc2nc3ccccc3s2)c2ccccc2c1O. The molecule has 24 heavy (non-hydrogen) atoms. The highest BCUT2D eigenvalue weighted by molar-refractivity contribution is 7.21. The number of nitrogens with zero attached hydrogens (tertiary/aromatic N) is 3. The van der Waals surface area contributed by atoms with E-state index >= 15 is 0 Å². The summed E-state index contributed by atoms with van der Waals surface area (Å²) in [6.07, 6.45) is 0. The Balaban J connectivity index is 1.87. The van der Waals surface area contributed by atoms with Crippen LogP contribution in [0.1, 0.15) is 5.56 Å². The molecule has 3 aromatic carbocycles. The largest absolute Gasteiger partial charge is 0.507 e. The van der Waals surface area contributed by atoms with Gasteiger partial charge in [0.05, 0.1) is 10.2 Å². The molecule has 5 nitrogen and oxygen atoms in total. The van der Waals surface area contributed by atoms with Crippen LogP contribution >= 0.6 is 11.3 Å². The fourth-order valence-corrected chi connectivity index (χ4v) is 3.40. The number of fused-ring (bicyclic) bond motifs is 2. The molecule has 0 aliphatic carbocycles. The van der Waals surface area contributed by atoms with E-state index in [0.29, 0.717) is 27.2 Å². The molecule has 0 fully saturated rings. The maximum absolute atomic E-state index is 10.4. The Bertz CT molecular complexity index is 1070. The summed E-state index contributed by atoms with van der Waals surface area (Å²) >= 11 is 1.43. The monoisotopic (exact) mass is 335 g/mol. The molecule has 0 unspecified atom stereocenters. The second kappa shape index (κ2) is 5.58. The van der Waals surface area contributed by atoms with Crippen LogP contribution in [0.2, 0.25) is 0 Å². The first-order valence-electron chi connectivity index (χ1n) is 7.35.